The summed E-state index contributed by atoms with van der Waals surface area (Å²) in [7, 11) is 0. The van der Waals surface area contributed by atoms with Crippen LogP contribution in [0.4, 0.5) is 11.4 Å². The van der Waals surface area contributed by atoms with E-state index in [9.17, 15) is 9.59 Å². The average Bonchev–Trinajstić information content (AvgIpc) is 2.51. The van der Waals surface area contributed by atoms with E-state index in [2.05, 4.69) is 22.5 Å². The Kier molecular flexibility index (Phi) is 5.89. The zero-order chi connectivity index (χ0) is 18.6. The summed E-state index contributed by atoms with van der Waals surface area (Å²) in [5, 5.41) is 5.96. The predicted octanol–water partition coefficient (Wildman–Crippen LogP) is 1.14. The van der Waals surface area contributed by atoms with Crippen LogP contribution in [0.1, 0.15) is 38.1 Å². The van der Waals surface area contributed by atoms with E-state index in [-0.39, 0.29) is 12.5 Å². The quantitative estimate of drug-likeness (QED) is 0.558. The summed E-state index contributed by atoms with van der Waals surface area (Å²) in [5.74, 6) is -0.861. The monoisotopic (exact) mass is 348 g/mol. The first-order valence-electron chi connectivity index (χ1n) is 8.53. The van der Waals surface area contributed by atoms with Crippen molar-refractivity contribution in [2.24, 2.45) is 0 Å². The molecule has 1 amide bonds. The summed E-state index contributed by atoms with van der Waals surface area (Å²) in [6, 6.07) is 5.80. The molecule has 1 aromatic rings. The second-order valence-corrected chi connectivity index (χ2v) is 7.34. The molecule has 7 nitrogen and oxygen atoms in total. The van der Waals surface area contributed by atoms with E-state index in [1.165, 1.54) is 0 Å². The van der Waals surface area contributed by atoms with Crippen molar-refractivity contribution in [2.75, 3.05) is 36.8 Å². The minimum absolute atomic E-state index is 0.190. The second kappa shape index (κ2) is 7.74. The van der Waals surface area contributed by atoms with E-state index < -0.39 is 11.6 Å². The first-order valence-corrected chi connectivity index (χ1v) is 8.53. The van der Waals surface area contributed by atoms with Crippen molar-refractivity contribution in [3.8, 4) is 0 Å². The molecule has 138 valence electrons. The maximum Gasteiger partial charge on any atom is 0.325 e. The van der Waals surface area contributed by atoms with Gasteiger partial charge in [0.1, 0.15) is 12.1 Å². The number of rotatable bonds is 4. The van der Waals surface area contributed by atoms with E-state index >= 15 is 0 Å². The number of amides is 1. The fourth-order valence-corrected chi connectivity index (χ4v) is 2.73. The highest BCUT2D eigenvalue weighted by Gasteiger charge is 2.20. The highest BCUT2D eigenvalue weighted by atomic mass is 16.6. The van der Waals surface area contributed by atoms with Gasteiger partial charge in [-0.3, -0.25) is 9.59 Å². The molecule has 1 heterocycles. The molecular weight excluding hydrogens is 320 g/mol. The molecule has 1 aliphatic rings. The molecule has 1 aliphatic heterocycles. The highest BCUT2D eigenvalue weighted by Crippen LogP contribution is 2.22. The fourth-order valence-electron chi connectivity index (χ4n) is 2.73. The molecule has 0 aliphatic carbocycles. The number of esters is 1. The Morgan fingerprint density at radius 1 is 1.40 bits per heavy atom. The van der Waals surface area contributed by atoms with Gasteiger partial charge in [-0.15, -0.1) is 0 Å². The predicted molar refractivity (Wildman–Crippen MR) is 98.7 cm³/mol. The third-order valence-electron chi connectivity index (χ3n) is 3.83. The Morgan fingerprint density at radius 2 is 2.12 bits per heavy atom. The first-order chi connectivity index (χ1) is 11.7. The summed E-state index contributed by atoms with van der Waals surface area (Å²) < 4.78 is 5.18. The molecule has 1 saturated heterocycles. The lowest BCUT2D eigenvalue weighted by Gasteiger charge is -2.34. The van der Waals surface area contributed by atoms with Gasteiger partial charge in [-0.1, -0.05) is 0 Å². The molecule has 0 aromatic heterocycles. The minimum atomic E-state index is -0.584. The minimum Gasteiger partial charge on any atom is -0.459 e. The fraction of sp³-hybridized carbons (Fsp3) is 0.556. The number of benzene rings is 1. The van der Waals surface area contributed by atoms with E-state index in [0.29, 0.717) is 17.3 Å². The number of nitrogen functional groups attached to an aromatic ring is 1. The number of carbonyl (C=O) groups excluding carboxylic acids is 2. The lowest BCUT2D eigenvalue weighted by molar-refractivity contribution is -0.153. The number of nitrogens with one attached hydrogen (secondary N) is 2. The van der Waals surface area contributed by atoms with Gasteiger partial charge < -0.3 is 26.0 Å². The molecule has 4 N–H and O–H groups in total. The lowest BCUT2D eigenvalue weighted by atomic mass is 10.1. The third kappa shape index (κ3) is 5.63. The van der Waals surface area contributed by atoms with Crippen LogP contribution in [0.3, 0.4) is 0 Å². The van der Waals surface area contributed by atoms with Crippen LogP contribution in [0.25, 0.3) is 0 Å². The molecule has 7 heteroatoms. The van der Waals surface area contributed by atoms with Gasteiger partial charge in [0.2, 0.25) is 0 Å². The van der Waals surface area contributed by atoms with Crippen LogP contribution >= 0.6 is 0 Å². The Balaban J connectivity index is 2.04. The Hall–Kier alpha value is -2.28. The number of piperazine rings is 1. The molecule has 25 heavy (non-hydrogen) atoms. The van der Waals surface area contributed by atoms with E-state index in [1.54, 1.807) is 32.9 Å². The van der Waals surface area contributed by atoms with E-state index in [1.807, 2.05) is 6.07 Å². The Morgan fingerprint density at radius 3 is 2.76 bits per heavy atom. The number of carbonyl (C=O) groups is 2. The van der Waals surface area contributed by atoms with Crippen molar-refractivity contribution < 1.29 is 14.3 Å². The number of nitrogens with zero attached hydrogens (tertiary/aromatic N) is 1. The molecular formula is C18H28N4O3. The molecule has 2 rings (SSSR count). The largest absolute Gasteiger partial charge is 0.459 e. The zero-order valence-corrected chi connectivity index (χ0v) is 15.4. The standard InChI is InChI=1S/C18H28N4O3/c1-12-11-22(8-7-20-12)13-5-6-15(19)14(9-13)17(24)21-10-16(23)25-18(2,3)4/h5-6,9,12,20H,7-8,10-11,19H2,1-4H3,(H,21,24). The number of hydrogen-bond acceptors (Lipinski definition) is 6. The van der Waals surface area contributed by atoms with Crippen LogP contribution < -0.4 is 21.3 Å². The van der Waals surface area contributed by atoms with Gasteiger partial charge in [-0.05, 0) is 45.9 Å². The summed E-state index contributed by atoms with van der Waals surface area (Å²) in [6.45, 7) is 9.90. The molecule has 1 aromatic carbocycles. The second-order valence-electron chi connectivity index (χ2n) is 7.34. The normalized spacial score (nSPS) is 17.9. The molecule has 0 spiro atoms. The SMILES string of the molecule is CC1CN(c2ccc(N)c(C(=O)NCC(=O)OC(C)(C)C)c2)CCN1. The molecule has 1 atom stereocenters. The van der Waals surface area contributed by atoms with Gasteiger partial charge in [-0.25, -0.2) is 0 Å². The molecule has 0 saturated carbocycles. The average molecular weight is 348 g/mol. The van der Waals surface area contributed by atoms with Crippen molar-refractivity contribution in [2.45, 2.75) is 39.3 Å². The molecule has 1 fully saturated rings. The number of nitrogens with two attached hydrogens (primary N) is 1. The van der Waals surface area contributed by atoms with Crippen LogP contribution in [0, 0.1) is 0 Å². The Bertz CT molecular complexity index is 640. The van der Waals surface area contributed by atoms with Crippen LogP contribution in [-0.4, -0.2) is 49.7 Å². The van der Waals surface area contributed by atoms with Crippen LogP contribution in [0.2, 0.25) is 0 Å². The van der Waals surface area contributed by atoms with E-state index in [4.69, 9.17) is 10.5 Å². The Labute approximate surface area is 148 Å². The maximum atomic E-state index is 12.4. The molecule has 0 radical (unpaired) electrons. The van der Waals surface area contributed by atoms with Crippen LogP contribution in [-0.2, 0) is 9.53 Å². The smallest absolute Gasteiger partial charge is 0.325 e. The molecule has 0 bridgehead atoms. The number of hydrogen-bond donors (Lipinski definition) is 3. The van der Waals surface area contributed by atoms with Crippen molar-refractivity contribution >= 4 is 23.3 Å². The maximum absolute atomic E-state index is 12.4. The topological polar surface area (TPSA) is 96.7 Å². The van der Waals surface area contributed by atoms with Crippen LogP contribution in [0.5, 0.6) is 0 Å². The summed E-state index contributed by atoms with van der Waals surface area (Å²) in [4.78, 5) is 26.4. The number of anilines is 2. The molecule has 1 unspecified atom stereocenters. The van der Waals surface area contributed by atoms with Gasteiger partial charge in [0.25, 0.3) is 5.91 Å². The third-order valence-corrected chi connectivity index (χ3v) is 3.83. The van der Waals surface area contributed by atoms with Gasteiger partial charge in [0.15, 0.2) is 0 Å². The van der Waals surface area contributed by atoms with Gasteiger partial charge in [-0.2, -0.15) is 0 Å². The first kappa shape index (κ1) is 19.1. The summed E-state index contributed by atoms with van der Waals surface area (Å²) in [6.07, 6.45) is 0. The summed E-state index contributed by atoms with van der Waals surface area (Å²) in [5.41, 5.74) is 7.06. The van der Waals surface area contributed by atoms with Gasteiger partial charge in [0.05, 0.1) is 5.56 Å². The highest BCUT2D eigenvalue weighted by molar-refractivity contribution is 6.01. The summed E-state index contributed by atoms with van der Waals surface area (Å²) >= 11 is 0. The van der Waals surface area contributed by atoms with Gasteiger partial charge in [0, 0.05) is 37.1 Å². The van der Waals surface area contributed by atoms with Crippen molar-refractivity contribution in [1.82, 2.24) is 10.6 Å². The van der Waals surface area contributed by atoms with Gasteiger partial charge >= 0.3 is 5.97 Å². The van der Waals surface area contributed by atoms with Crippen LogP contribution in [0.15, 0.2) is 18.2 Å². The lowest BCUT2D eigenvalue weighted by Crippen LogP contribution is -2.49. The van der Waals surface area contributed by atoms with Crippen molar-refractivity contribution in [1.29, 1.82) is 0 Å². The number of ether oxygens (including phenoxy) is 1. The van der Waals surface area contributed by atoms with Crippen molar-refractivity contribution in [3.05, 3.63) is 23.8 Å². The van der Waals surface area contributed by atoms with E-state index in [0.717, 1.165) is 25.3 Å². The zero-order valence-electron chi connectivity index (χ0n) is 15.4. The van der Waals surface area contributed by atoms with Crippen molar-refractivity contribution in [3.63, 3.8) is 0 Å².